The zero-order valence-corrected chi connectivity index (χ0v) is 9.16. The first-order valence-corrected chi connectivity index (χ1v) is 5.13. The molecule has 2 heteroatoms. The van der Waals surface area contributed by atoms with E-state index in [2.05, 4.69) is 18.0 Å². The fourth-order valence-corrected chi connectivity index (χ4v) is 1.75. The van der Waals surface area contributed by atoms with Crippen LogP contribution in [0.1, 0.15) is 5.56 Å². The highest BCUT2D eigenvalue weighted by atomic mass is 16.1. The summed E-state index contributed by atoms with van der Waals surface area (Å²) >= 11 is 0. The average molecular weight is 211 g/mol. The third-order valence-electron chi connectivity index (χ3n) is 2.45. The molecule has 0 aliphatic heterocycles. The van der Waals surface area contributed by atoms with Gasteiger partial charge in [0.15, 0.2) is 0 Å². The molecule has 1 N–H and O–H groups in total. The Labute approximate surface area is 94.6 Å². The van der Waals surface area contributed by atoms with E-state index in [1.807, 2.05) is 37.3 Å². The normalized spacial score (nSPS) is 10.1. The minimum atomic E-state index is -0.184. The lowest BCUT2D eigenvalue weighted by molar-refractivity contribution is -0.111. The fourth-order valence-electron chi connectivity index (χ4n) is 1.75. The summed E-state index contributed by atoms with van der Waals surface area (Å²) in [5.74, 6) is -0.184. The number of fused-ring (bicyclic) bond motifs is 1. The molecule has 2 rings (SSSR count). The highest BCUT2D eigenvalue weighted by molar-refractivity contribution is 6.06. The molecule has 80 valence electrons. The monoisotopic (exact) mass is 211 g/mol. The van der Waals surface area contributed by atoms with Crippen molar-refractivity contribution < 1.29 is 4.79 Å². The highest BCUT2D eigenvalue weighted by Gasteiger charge is 2.03. The van der Waals surface area contributed by atoms with Crippen LogP contribution in [0.5, 0.6) is 0 Å². The molecule has 2 aromatic carbocycles. The molecule has 0 saturated heterocycles. The van der Waals surface area contributed by atoms with Gasteiger partial charge in [0, 0.05) is 11.1 Å². The quantitative estimate of drug-likeness (QED) is 0.759. The van der Waals surface area contributed by atoms with E-state index in [1.54, 1.807) is 0 Å². The molecule has 0 bridgehead atoms. The molecule has 0 aromatic heterocycles. The summed E-state index contributed by atoms with van der Waals surface area (Å²) in [6, 6.07) is 12.0. The topological polar surface area (TPSA) is 29.1 Å². The van der Waals surface area contributed by atoms with Crippen LogP contribution in [0.3, 0.4) is 0 Å². The van der Waals surface area contributed by atoms with Gasteiger partial charge in [-0.15, -0.1) is 0 Å². The van der Waals surface area contributed by atoms with Crippen LogP contribution in [0.4, 0.5) is 5.69 Å². The van der Waals surface area contributed by atoms with Gasteiger partial charge in [0.05, 0.1) is 0 Å². The van der Waals surface area contributed by atoms with Crippen molar-refractivity contribution in [1.29, 1.82) is 0 Å². The summed E-state index contributed by atoms with van der Waals surface area (Å²) in [6.07, 6.45) is 1.27. The fraction of sp³-hybridized carbons (Fsp3) is 0.0714. The number of hydrogen-bond acceptors (Lipinski definition) is 1. The molecule has 0 fully saturated rings. The number of rotatable bonds is 2. The summed E-state index contributed by atoms with van der Waals surface area (Å²) in [4.78, 5) is 11.3. The van der Waals surface area contributed by atoms with Crippen LogP contribution in [-0.4, -0.2) is 5.91 Å². The van der Waals surface area contributed by atoms with E-state index >= 15 is 0 Å². The zero-order valence-electron chi connectivity index (χ0n) is 9.16. The number of amides is 1. The Hall–Kier alpha value is -2.09. The number of carbonyl (C=O) groups is 1. The molecule has 0 aliphatic carbocycles. The van der Waals surface area contributed by atoms with Gasteiger partial charge in [-0.2, -0.15) is 0 Å². The molecule has 1 amide bonds. The lowest BCUT2D eigenvalue weighted by atomic mass is 10.1. The molecular weight excluding hydrogens is 198 g/mol. The van der Waals surface area contributed by atoms with Crippen molar-refractivity contribution >= 4 is 22.4 Å². The second kappa shape index (κ2) is 4.19. The van der Waals surface area contributed by atoms with E-state index in [4.69, 9.17) is 0 Å². The van der Waals surface area contributed by atoms with Crippen LogP contribution >= 0.6 is 0 Å². The van der Waals surface area contributed by atoms with Gasteiger partial charge < -0.3 is 5.32 Å². The van der Waals surface area contributed by atoms with E-state index in [0.717, 1.165) is 22.0 Å². The van der Waals surface area contributed by atoms with Gasteiger partial charge in [-0.05, 0) is 30.0 Å². The van der Waals surface area contributed by atoms with Crippen LogP contribution in [0.2, 0.25) is 0 Å². The Morgan fingerprint density at radius 1 is 1.31 bits per heavy atom. The largest absolute Gasteiger partial charge is 0.322 e. The number of benzene rings is 2. The Balaban J connectivity index is 2.58. The molecule has 2 aromatic rings. The van der Waals surface area contributed by atoms with Crippen molar-refractivity contribution in [3.05, 3.63) is 54.6 Å². The van der Waals surface area contributed by atoms with Crippen molar-refractivity contribution in [2.75, 3.05) is 5.32 Å². The molecule has 16 heavy (non-hydrogen) atoms. The number of hydrogen-bond donors (Lipinski definition) is 1. The summed E-state index contributed by atoms with van der Waals surface area (Å²) in [5, 5.41) is 4.99. The smallest absolute Gasteiger partial charge is 0.247 e. The molecule has 0 spiro atoms. The van der Waals surface area contributed by atoms with Crippen molar-refractivity contribution in [1.82, 2.24) is 0 Å². The molecule has 0 heterocycles. The van der Waals surface area contributed by atoms with Gasteiger partial charge in [0.25, 0.3) is 0 Å². The van der Waals surface area contributed by atoms with Crippen molar-refractivity contribution in [3.8, 4) is 0 Å². The second-order valence-corrected chi connectivity index (χ2v) is 3.73. The molecule has 2 nitrogen and oxygen atoms in total. The van der Waals surface area contributed by atoms with Crippen LogP contribution in [0.25, 0.3) is 10.8 Å². The lowest BCUT2D eigenvalue weighted by Crippen LogP contribution is -2.07. The Bertz CT molecular complexity index is 558. The Morgan fingerprint density at radius 3 is 2.81 bits per heavy atom. The van der Waals surface area contributed by atoms with Gasteiger partial charge in [0.2, 0.25) is 5.91 Å². The minimum absolute atomic E-state index is 0.184. The van der Waals surface area contributed by atoms with Crippen LogP contribution in [0, 0.1) is 6.92 Å². The third-order valence-corrected chi connectivity index (χ3v) is 2.45. The number of aryl methyl sites for hydroxylation is 1. The number of nitrogens with one attached hydrogen (secondary N) is 1. The van der Waals surface area contributed by atoms with E-state index in [0.29, 0.717) is 0 Å². The highest BCUT2D eigenvalue weighted by Crippen LogP contribution is 2.25. The van der Waals surface area contributed by atoms with Crippen LogP contribution < -0.4 is 5.32 Å². The predicted molar refractivity (Wildman–Crippen MR) is 67.5 cm³/mol. The predicted octanol–water partition coefficient (Wildman–Crippen LogP) is 3.27. The van der Waals surface area contributed by atoms with Crippen molar-refractivity contribution in [2.24, 2.45) is 0 Å². The molecule has 0 saturated carbocycles. The van der Waals surface area contributed by atoms with Gasteiger partial charge in [-0.3, -0.25) is 4.79 Å². The lowest BCUT2D eigenvalue weighted by Gasteiger charge is -2.08. The van der Waals surface area contributed by atoms with E-state index in [1.165, 1.54) is 6.08 Å². The molecule has 0 radical (unpaired) electrons. The average Bonchev–Trinajstić information content (AvgIpc) is 2.28. The summed E-state index contributed by atoms with van der Waals surface area (Å²) in [6.45, 7) is 5.46. The van der Waals surface area contributed by atoms with Crippen LogP contribution in [-0.2, 0) is 4.79 Å². The van der Waals surface area contributed by atoms with E-state index < -0.39 is 0 Å². The number of carbonyl (C=O) groups excluding carboxylic acids is 1. The Kier molecular flexibility index (Phi) is 2.73. The van der Waals surface area contributed by atoms with Gasteiger partial charge in [0.1, 0.15) is 0 Å². The SMILES string of the molecule is C=CC(=O)Nc1cc(C)cc2ccccc12. The maximum absolute atomic E-state index is 11.3. The third kappa shape index (κ3) is 1.96. The Morgan fingerprint density at radius 2 is 2.06 bits per heavy atom. The minimum Gasteiger partial charge on any atom is -0.322 e. The molecule has 0 unspecified atom stereocenters. The number of anilines is 1. The van der Waals surface area contributed by atoms with E-state index in [-0.39, 0.29) is 5.91 Å². The summed E-state index contributed by atoms with van der Waals surface area (Å²) in [7, 11) is 0. The summed E-state index contributed by atoms with van der Waals surface area (Å²) in [5.41, 5.74) is 1.96. The van der Waals surface area contributed by atoms with Crippen molar-refractivity contribution in [3.63, 3.8) is 0 Å². The van der Waals surface area contributed by atoms with Crippen molar-refractivity contribution in [2.45, 2.75) is 6.92 Å². The van der Waals surface area contributed by atoms with Crippen LogP contribution in [0.15, 0.2) is 49.1 Å². The molecule has 0 atom stereocenters. The molecular formula is C14H13NO. The zero-order chi connectivity index (χ0) is 11.5. The first-order valence-electron chi connectivity index (χ1n) is 5.13. The van der Waals surface area contributed by atoms with Gasteiger partial charge in [-0.1, -0.05) is 36.9 Å². The molecule has 0 aliphatic rings. The summed E-state index contributed by atoms with van der Waals surface area (Å²) < 4.78 is 0. The first-order chi connectivity index (χ1) is 7.70. The van der Waals surface area contributed by atoms with Gasteiger partial charge >= 0.3 is 0 Å². The van der Waals surface area contributed by atoms with Gasteiger partial charge in [-0.25, -0.2) is 0 Å². The second-order valence-electron chi connectivity index (χ2n) is 3.73. The standard InChI is InChI=1S/C14H13NO/c1-3-14(16)15-13-9-10(2)8-11-6-4-5-7-12(11)13/h3-9H,1H2,2H3,(H,15,16). The maximum atomic E-state index is 11.3. The maximum Gasteiger partial charge on any atom is 0.247 e. The van der Waals surface area contributed by atoms with E-state index in [9.17, 15) is 4.79 Å². The first kappa shape index (κ1) is 10.4.